The van der Waals surface area contributed by atoms with E-state index in [1.54, 1.807) is 9.58 Å². The molecule has 136 valence electrons. The number of para-hydroxylation sites is 1. The first-order valence-corrected chi connectivity index (χ1v) is 9.04. The molecule has 0 radical (unpaired) electrons. The molecule has 7 nitrogen and oxygen atoms in total. The number of amides is 1. The van der Waals surface area contributed by atoms with Crippen LogP contribution < -0.4 is 5.32 Å². The van der Waals surface area contributed by atoms with Crippen LogP contribution in [0.4, 0.5) is 5.82 Å². The molecule has 1 amide bonds. The van der Waals surface area contributed by atoms with Gasteiger partial charge in [0.2, 0.25) is 5.91 Å². The van der Waals surface area contributed by atoms with Gasteiger partial charge in [-0.3, -0.25) is 14.5 Å². The maximum Gasteiger partial charge on any atom is 0.320 e. The van der Waals surface area contributed by atoms with E-state index in [-0.39, 0.29) is 12.5 Å². The van der Waals surface area contributed by atoms with Gasteiger partial charge in [-0.2, -0.15) is 5.10 Å². The number of carboxylic acids is 1. The minimum absolute atomic E-state index is 0.0791. The number of nitrogens with one attached hydrogen (secondary N) is 1. The molecule has 2 N–H and O–H groups in total. The fraction of sp³-hybridized carbons (Fsp3) is 0.421. The van der Waals surface area contributed by atoms with Crippen molar-refractivity contribution in [2.75, 3.05) is 18.4 Å². The Labute approximate surface area is 151 Å². The highest BCUT2D eigenvalue weighted by atomic mass is 16.4. The van der Waals surface area contributed by atoms with Crippen molar-refractivity contribution >= 4 is 17.7 Å². The van der Waals surface area contributed by atoms with Gasteiger partial charge in [0.15, 0.2) is 0 Å². The molecule has 1 aromatic heterocycles. The third kappa shape index (κ3) is 3.48. The lowest BCUT2D eigenvalue weighted by Gasteiger charge is -2.20. The van der Waals surface area contributed by atoms with Gasteiger partial charge < -0.3 is 10.4 Å². The second kappa shape index (κ2) is 6.92. The highest BCUT2D eigenvalue weighted by molar-refractivity contribution is 5.92. The molecule has 1 aromatic carbocycles. The number of rotatable bonds is 6. The molecule has 0 spiro atoms. The zero-order valence-electron chi connectivity index (χ0n) is 14.5. The fourth-order valence-electron chi connectivity index (χ4n) is 3.49. The first kappa shape index (κ1) is 16.8. The van der Waals surface area contributed by atoms with Crippen LogP contribution >= 0.6 is 0 Å². The molecule has 1 aliphatic heterocycles. The SMILES string of the molecule is O=C(CN1CCCC1C(=O)O)Nc1cc(C2CC2)nn1-c1ccccc1. The van der Waals surface area contributed by atoms with Gasteiger partial charge in [0, 0.05) is 12.0 Å². The van der Waals surface area contributed by atoms with Gasteiger partial charge in [-0.05, 0) is 44.4 Å². The van der Waals surface area contributed by atoms with Gasteiger partial charge in [0.1, 0.15) is 11.9 Å². The number of carbonyl (C=O) groups excluding carboxylic acids is 1. The van der Waals surface area contributed by atoms with Crippen LogP contribution in [0.3, 0.4) is 0 Å². The largest absolute Gasteiger partial charge is 0.480 e. The summed E-state index contributed by atoms with van der Waals surface area (Å²) in [5.74, 6) is 0.0398. The minimum atomic E-state index is -0.861. The van der Waals surface area contributed by atoms with E-state index < -0.39 is 12.0 Å². The molecule has 1 saturated heterocycles. The van der Waals surface area contributed by atoms with Gasteiger partial charge in [0.25, 0.3) is 0 Å². The van der Waals surface area contributed by atoms with E-state index in [4.69, 9.17) is 0 Å². The van der Waals surface area contributed by atoms with Crippen molar-refractivity contribution in [2.45, 2.75) is 37.6 Å². The molecule has 2 fully saturated rings. The summed E-state index contributed by atoms with van der Waals surface area (Å²) in [4.78, 5) is 25.5. The van der Waals surface area contributed by atoms with Crippen LogP contribution in [-0.2, 0) is 9.59 Å². The zero-order valence-corrected chi connectivity index (χ0v) is 14.5. The summed E-state index contributed by atoms with van der Waals surface area (Å²) in [6.45, 7) is 0.714. The lowest BCUT2D eigenvalue weighted by molar-refractivity contribution is -0.142. The molecule has 1 unspecified atom stereocenters. The van der Waals surface area contributed by atoms with E-state index in [2.05, 4.69) is 10.4 Å². The quantitative estimate of drug-likeness (QED) is 0.831. The lowest BCUT2D eigenvalue weighted by Crippen LogP contribution is -2.41. The first-order chi connectivity index (χ1) is 12.6. The predicted molar refractivity (Wildman–Crippen MR) is 96.4 cm³/mol. The summed E-state index contributed by atoms with van der Waals surface area (Å²) >= 11 is 0. The Bertz CT molecular complexity index is 813. The number of anilines is 1. The van der Waals surface area contributed by atoms with Crippen LogP contribution in [0.15, 0.2) is 36.4 Å². The maximum absolute atomic E-state index is 12.5. The number of hydrogen-bond acceptors (Lipinski definition) is 4. The Morgan fingerprint density at radius 1 is 1.19 bits per heavy atom. The number of likely N-dealkylation sites (tertiary alicyclic amines) is 1. The van der Waals surface area contributed by atoms with E-state index in [0.29, 0.717) is 24.7 Å². The molecular weight excluding hydrogens is 332 g/mol. The van der Waals surface area contributed by atoms with Gasteiger partial charge in [-0.15, -0.1) is 0 Å². The van der Waals surface area contributed by atoms with E-state index >= 15 is 0 Å². The van der Waals surface area contributed by atoms with Gasteiger partial charge >= 0.3 is 5.97 Å². The second-order valence-corrected chi connectivity index (χ2v) is 6.99. The Morgan fingerprint density at radius 3 is 2.65 bits per heavy atom. The summed E-state index contributed by atoms with van der Waals surface area (Å²) < 4.78 is 1.75. The number of nitrogens with zero attached hydrogens (tertiary/aromatic N) is 3. The van der Waals surface area contributed by atoms with Crippen molar-refractivity contribution < 1.29 is 14.7 Å². The van der Waals surface area contributed by atoms with Crippen molar-refractivity contribution in [1.29, 1.82) is 0 Å². The van der Waals surface area contributed by atoms with Crippen LogP contribution in [0.2, 0.25) is 0 Å². The Kier molecular flexibility index (Phi) is 4.46. The standard InChI is InChI=1S/C19H22N4O3/c24-18(12-22-10-4-7-16(22)19(25)26)20-17-11-15(13-8-9-13)21-23(17)14-5-2-1-3-6-14/h1-3,5-6,11,13,16H,4,7-10,12H2,(H,20,24)(H,25,26). The van der Waals surface area contributed by atoms with E-state index in [1.807, 2.05) is 36.4 Å². The number of aromatic nitrogens is 2. The Balaban J connectivity index is 1.52. The van der Waals surface area contributed by atoms with Crippen molar-refractivity contribution in [3.63, 3.8) is 0 Å². The van der Waals surface area contributed by atoms with E-state index in [0.717, 1.165) is 30.6 Å². The molecule has 1 atom stereocenters. The second-order valence-electron chi connectivity index (χ2n) is 6.99. The van der Waals surface area contributed by atoms with Crippen LogP contribution in [0.5, 0.6) is 0 Å². The van der Waals surface area contributed by atoms with Crippen LogP contribution in [0.1, 0.15) is 37.3 Å². The fourth-order valence-corrected chi connectivity index (χ4v) is 3.49. The summed E-state index contributed by atoms with van der Waals surface area (Å²) in [5.41, 5.74) is 1.88. The van der Waals surface area contributed by atoms with Gasteiger partial charge in [0.05, 0.1) is 17.9 Å². The number of carboxylic acid groups (broad SMARTS) is 1. The van der Waals surface area contributed by atoms with Crippen LogP contribution in [0.25, 0.3) is 5.69 Å². The van der Waals surface area contributed by atoms with Crippen molar-refractivity contribution in [2.24, 2.45) is 0 Å². The highest BCUT2D eigenvalue weighted by Crippen LogP contribution is 2.40. The predicted octanol–water partition coefficient (Wildman–Crippen LogP) is 2.24. The van der Waals surface area contributed by atoms with Gasteiger partial charge in [-0.1, -0.05) is 18.2 Å². The Morgan fingerprint density at radius 2 is 1.96 bits per heavy atom. The lowest BCUT2D eigenvalue weighted by atomic mass is 10.2. The van der Waals surface area contributed by atoms with Crippen LogP contribution in [0, 0.1) is 0 Å². The molecular formula is C19H22N4O3. The number of hydrogen-bond donors (Lipinski definition) is 2. The zero-order chi connectivity index (χ0) is 18.1. The summed E-state index contributed by atoms with van der Waals surface area (Å²) in [6.07, 6.45) is 3.66. The normalized spacial score (nSPS) is 20.2. The average Bonchev–Trinajstić information content (AvgIpc) is 3.23. The maximum atomic E-state index is 12.5. The average molecular weight is 354 g/mol. The number of benzene rings is 1. The molecule has 2 heterocycles. The first-order valence-electron chi connectivity index (χ1n) is 9.04. The molecule has 7 heteroatoms. The third-order valence-electron chi connectivity index (χ3n) is 4.99. The van der Waals surface area contributed by atoms with Crippen molar-refractivity contribution in [3.05, 3.63) is 42.1 Å². The van der Waals surface area contributed by atoms with Crippen molar-refractivity contribution in [3.8, 4) is 5.69 Å². The number of carbonyl (C=O) groups is 2. The Hall–Kier alpha value is -2.67. The molecule has 2 aromatic rings. The van der Waals surface area contributed by atoms with E-state index in [9.17, 15) is 14.7 Å². The summed E-state index contributed by atoms with van der Waals surface area (Å²) in [5, 5.41) is 16.9. The van der Waals surface area contributed by atoms with Gasteiger partial charge in [-0.25, -0.2) is 4.68 Å². The summed E-state index contributed by atoms with van der Waals surface area (Å²) in [7, 11) is 0. The topological polar surface area (TPSA) is 87.5 Å². The molecule has 2 aliphatic rings. The molecule has 1 aliphatic carbocycles. The monoisotopic (exact) mass is 354 g/mol. The highest BCUT2D eigenvalue weighted by Gasteiger charge is 2.32. The minimum Gasteiger partial charge on any atom is -0.480 e. The van der Waals surface area contributed by atoms with Crippen molar-refractivity contribution in [1.82, 2.24) is 14.7 Å². The summed E-state index contributed by atoms with van der Waals surface area (Å²) in [6, 6.07) is 11.1. The molecule has 0 bridgehead atoms. The molecule has 4 rings (SSSR count). The molecule has 26 heavy (non-hydrogen) atoms. The third-order valence-corrected chi connectivity index (χ3v) is 4.99. The van der Waals surface area contributed by atoms with Crippen LogP contribution in [-0.4, -0.2) is 50.8 Å². The molecule has 1 saturated carbocycles. The van der Waals surface area contributed by atoms with E-state index in [1.165, 1.54) is 0 Å². The smallest absolute Gasteiger partial charge is 0.320 e. The number of aliphatic carboxylic acids is 1.